The van der Waals surface area contributed by atoms with E-state index in [2.05, 4.69) is 11.0 Å². The first-order valence-electron chi connectivity index (χ1n) is 8.62. The predicted octanol–water partition coefficient (Wildman–Crippen LogP) is 2.64. The maximum absolute atomic E-state index is 12.0. The van der Waals surface area contributed by atoms with Crippen LogP contribution in [0.25, 0.3) is 0 Å². The standard InChI is InChI=1S/C19H25N3O/c1-21(19(23)18-6-7-18)13-17-8-10-22(11-9-17)14-16-4-2-15(12-20)3-5-16/h2-5,17-18H,6-11,13-14H2,1H3. The summed E-state index contributed by atoms with van der Waals surface area (Å²) in [5, 5.41) is 8.84. The second kappa shape index (κ2) is 7.14. The second-order valence-electron chi connectivity index (χ2n) is 7.02. The lowest BCUT2D eigenvalue weighted by Crippen LogP contribution is -2.39. The average molecular weight is 311 g/mol. The highest BCUT2D eigenvalue weighted by Crippen LogP contribution is 2.31. The Bertz CT molecular complexity index is 578. The Hall–Kier alpha value is -1.86. The third kappa shape index (κ3) is 4.33. The SMILES string of the molecule is CN(CC1CCN(Cc2ccc(C#N)cc2)CC1)C(=O)C1CC1. The van der Waals surface area contributed by atoms with Gasteiger partial charge < -0.3 is 4.90 Å². The summed E-state index contributed by atoms with van der Waals surface area (Å²) in [4.78, 5) is 16.5. The van der Waals surface area contributed by atoms with Crippen molar-refractivity contribution in [2.75, 3.05) is 26.7 Å². The number of piperidine rings is 1. The lowest BCUT2D eigenvalue weighted by molar-refractivity contribution is -0.132. The van der Waals surface area contributed by atoms with E-state index in [9.17, 15) is 4.79 Å². The molecule has 0 aromatic heterocycles. The number of amides is 1. The highest BCUT2D eigenvalue weighted by molar-refractivity contribution is 5.80. The molecule has 1 aliphatic heterocycles. The fourth-order valence-electron chi connectivity index (χ4n) is 3.39. The maximum Gasteiger partial charge on any atom is 0.225 e. The van der Waals surface area contributed by atoms with Crippen molar-refractivity contribution in [2.45, 2.75) is 32.2 Å². The largest absolute Gasteiger partial charge is 0.345 e. The van der Waals surface area contributed by atoms with E-state index in [1.165, 1.54) is 18.4 Å². The van der Waals surface area contributed by atoms with Crippen LogP contribution in [-0.2, 0) is 11.3 Å². The molecule has 2 aliphatic rings. The Balaban J connectivity index is 1.42. The van der Waals surface area contributed by atoms with Crippen molar-refractivity contribution in [3.8, 4) is 6.07 Å². The highest BCUT2D eigenvalue weighted by Gasteiger charge is 2.33. The first-order chi connectivity index (χ1) is 11.2. The third-order valence-electron chi connectivity index (χ3n) is 5.03. The molecule has 4 heteroatoms. The molecule has 0 spiro atoms. The molecule has 1 saturated carbocycles. The van der Waals surface area contributed by atoms with Gasteiger partial charge in [-0.1, -0.05) is 12.1 Å². The van der Waals surface area contributed by atoms with Gasteiger partial charge in [0.15, 0.2) is 0 Å². The molecule has 2 fully saturated rings. The van der Waals surface area contributed by atoms with Gasteiger partial charge in [-0.2, -0.15) is 5.26 Å². The van der Waals surface area contributed by atoms with Crippen molar-refractivity contribution in [2.24, 2.45) is 11.8 Å². The molecule has 1 heterocycles. The molecule has 122 valence electrons. The van der Waals surface area contributed by atoms with E-state index in [0.29, 0.717) is 17.7 Å². The molecule has 4 nitrogen and oxygen atoms in total. The molecule has 1 aromatic rings. The topological polar surface area (TPSA) is 47.3 Å². The van der Waals surface area contributed by atoms with E-state index in [0.717, 1.165) is 44.6 Å². The van der Waals surface area contributed by atoms with E-state index < -0.39 is 0 Å². The Morgan fingerprint density at radius 3 is 2.43 bits per heavy atom. The van der Waals surface area contributed by atoms with E-state index in [-0.39, 0.29) is 0 Å². The molecule has 0 atom stereocenters. The van der Waals surface area contributed by atoms with Crippen molar-refractivity contribution >= 4 is 5.91 Å². The van der Waals surface area contributed by atoms with Gasteiger partial charge in [0.05, 0.1) is 11.6 Å². The van der Waals surface area contributed by atoms with Gasteiger partial charge >= 0.3 is 0 Å². The smallest absolute Gasteiger partial charge is 0.225 e. The van der Waals surface area contributed by atoms with Crippen LogP contribution in [0, 0.1) is 23.2 Å². The number of likely N-dealkylation sites (tertiary alicyclic amines) is 1. The Morgan fingerprint density at radius 1 is 1.22 bits per heavy atom. The molecule has 23 heavy (non-hydrogen) atoms. The number of benzene rings is 1. The summed E-state index contributed by atoms with van der Waals surface area (Å²) >= 11 is 0. The molecule has 3 rings (SSSR count). The van der Waals surface area contributed by atoms with Crippen LogP contribution in [0.5, 0.6) is 0 Å². The molecule has 0 unspecified atom stereocenters. The zero-order chi connectivity index (χ0) is 16.2. The van der Waals surface area contributed by atoms with Gasteiger partial charge in [0.1, 0.15) is 0 Å². The zero-order valence-electron chi connectivity index (χ0n) is 13.9. The fourth-order valence-corrected chi connectivity index (χ4v) is 3.39. The predicted molar refractivity (Wildman–Crippen MR) is 89.5 cm³/mol. The van der Waals surface area contributed by atoms with Crippen LogP contribution in [0.2, 0.25) is 0 Å². The molecule has 0 N–H and O–H groups in total. The Labute approximate surface area is 138 Å². The molecule has 1 aliphatic carbocycles. The number of rotatable bonds is 5. The van der Waals surface area contributed by atoms with Crippen LogP contribution in [0.15, 0.2) is 24.3 Å². The van der Waals surface area contributed by atoms with Crippen LogP contribution < -0.4 is 0 Å². The van der Waals surface area contributed by atoms with Crippen LogP contribution in [0.4, 0.5) is 0 Å². The minimum absolute atomic E-state index is 0.330. The summed E-state index contributed by atoms with van der Waals surface area (Å²) in [6.45, 7) is 4.06. The van der Waals surface area contributed by atoms with Crippen LogP contribution in [0.3, 0.4) is 0 Å². The summed E-state index contributed by atoms with van der Waals surface area (Å²) in [7, 11) is 1.96. The van der Waals surface area contributed by atoms with E-state index >= 15 is 0 Å². The number of nitrogens with zero attached hydrogens (tertiary/aromatic N) is 3. The third-order valence-corrected chi connectivity index (χ3v) is 5.03. The summed E-state index contributed by atoms with van der Waals surface area (Å²) in [5.41, 5.74) is 1.99. The van der Waals surface area contributed by atoms with Crippen LogP contribution in [0.1, 0.15) is 36.8 Å². The summed E-state index contributed by atoms with van der Waals surface area (Å²) in [5.74, 6) is 1.32. The Morgan fingerprint density at radius 2 is 1.87 bits per heavy atom. The molecule has 0 bridgehead atoms. The van der Waals surface area contributed by atoms with Gasteiger partial charge in [-0.05, 0) is 62.4 Å². The van der Waals surface area contributed by atoms with Crippen LogP contribution in [-0.4, -0.2) is 42.4 Å². The number of carbonyl (C=O) groups excluding carboxylic acids is 1. The number of nitriles is 1. The van der Waals surface area contributed by atoms with Gasteiger partial charge in [-0.15, -0.1) is 0 Å². The molecule has 1 saturated heterocycles. The quantitative estimate of drug-likeness (QED) is 0.840. The van der Waals surface area contributed by atoms with Gasteiger partial charge in [-0.3, -0.25) is 9.69 Å². The molecular weight excluding hydrogens is 286 g/mol. The first kappa shape index (κ1) is 16.0. The van der Waals surface area contributed by atoms with Gasteiger partial charge in [0.2, 0.25) is 5.91 Å². The van der Waals surface area contributed by atoms with E-state index in [1.807, 2.05) is 36.2 Å². The minimum atomic E-state index is 0.330. The first-order valence-corrected chi connectivity index (χ1v) is 8.62. The molecule has 1 aromatic carbocycles. The summed E-state index contributed by atoms with van der Waals surface area (Å²) in [6, 6.07) is 10.0. The number of hydrogen-bond donors (Lipinski definition) is 0. The van der Waals surface area contributed by atoms with Crippen molar-refractivity contribution in [1.29, 1.82) is 5.26 Å². The van der Waals surface area contributed by atoms with Gasteiger partial charge in [-0.25, -0.2) is 0 Å². The van der Waals surface area contributed by atoms with Gasteiger partial charge in [0, 0.05) is 26.1 Å². The van der Waals surface area contributed by atoms with Crippen molar-refractivity contribution < 1.29 is 4.79 Å². The summed E-state index contributed by atoms with van der Waals surface area (Å²) in [6.07, 6.45) is 4.51. The van der Waals surface area contributed by atoms with E-state index in [4.69, 9.17) is 5.26 Å². The van der Waals surface area contributed by atoms with Crippen LogP contribution >= 0.6 is 0 Å². The normalized spacial score (nSPS) is 19.3. The molecule has 1 amide bonds. The fraction of sp³-hybridized carbons (Fsp3) is 0.579. The highest BCUT2D eigenvalue weighted by atomic mass is 16.2. The van der Waals surface area contributed by atoms with Crippen molar-refractivity contribution in [3.63, 3.8) is 0 Å². The maximum atomic E-state index is 12.0. The van der Waals surface area contributed by atoms with E-state index in [1.54, 1.807) is 0 Å². The Kier molecular flexibility index (Phi) is 4.97. The zero-order valence-corrected chi connectivity index (χ0v) is 13.9. The number of hydrogen-bond acceptors (Lipinski definition) is 3. The average Bonchev–Trinajstić information content (AvgIpc) is 3.41. The monoisotopic (exact) mass is 311 g/mol. The van der Waals surface area contributed by atoms with Crippen molar-refractivity contribution in [1.82, 2.24) is 9.80 Å². The van der Waals surface area contributed by atoms with Gasteiger partial charge in [0.25, 0.3) is 0 Å². The molecule has 0 radical (unpaired) electrons. The second-order valence-corrected chi connectivity index (χ2v) is 7.02. The number of carbonyl (C=O) groups is 1. The minimum Gasteiger partial charge on any atom is -0.345 e. The van der Waals surface area contributed by atoms with Crippen molar-refractivity contribution in [3.05, 3.63) is 35.4 Å². The summed E-state index contributed by atoms with van der Waals surface area (Å²) < 4.78 is 0. The lowest BCUT2D eigenvalue weighted by Gasteiger charge is -2.34. The lowest BCUT2D eigenvalue weighted by atomic mass is 9.95. The molecular formula is C19H25N3O.